The largest absolute Gasteiger partial charge is 0.396 e. The highest BCUT2D eigenvalue weighted by Crippen LogP contribution is 2.26. The zero-order valence-electron chi connectivity index (χ0n) is 8.00. The van der Waals surface area contributed by atoms with E-state index in [2.05, 4.69) is 5.10 Å². The zero-order chi connectivity index (χ0) is 11.7. The number of nitrogens with zero attached hydrogens (tertiary/aromatic N) is 3. The summed E-state index contributed by atoms with van der Waals surface area (Å²) in [5.74, 6) is 0. The number of nitro groups is 1. The van der Waals surface area contributed by atoms with Crippen molar-refractivity contribution in [1.82, 2.24) is 9.78 Å². The molecule has 2 aromatic rings. The highest BCUT2D eigenvalue weighted by Gasteiger charge is 2.16. The number of benzene rings is 1. The van der Waals surface area contributed by atoms with Crippen molar-refractivity contribution in [1.29, 1.82) is 0 Å². The Hall–Kier alpha value is -2.08. The first-order chi connectivity index (χ1) is 7.58. The van der Waals surface area contributed by atoms with Crippen molar-refractivity contribution in [3.05, 3.63) is 45.7 Å². The van der Waals surface area contributed by atoms with Crippen molar-refractivity contribution in [2.45, 2.75) is 0 Å². The van der Waals surface area contributed by atoms with Crippen LogP contribution in [0.15, 0.2) is 30.6 Å². The van der Waals surface area contributed by atoms with Gasteiger partial charge in [-0.1, -0.05) is 11.6 Å². The highest BCUT2D eigenvalue weighted by molar-refractivity contribution is 6.30. The van der Waals surface area contributed by atoms with Gasteiger partial charge in [0.15, 0.2) is 0 Å². The van der Waals surface area contributed by atoms with Crippen LogP contribution in [-0.2, 0) is 0 Å². The van der Waals surface area contributed by atoms with Gasteiger partial charge in [-0.05, 0) is 12.1 Å². The maximum absolute atomic E-state index is 10.8. The number of nitrogens with two attached hydrogens (primary N) is 1. The van der Waals surface area contributed by atoms with Crippen molar-refractivity contribution < 1.29 is 4.92 Å². The molecule has 0 unspecified atom stereocenters. The van der Waals surface area contributed by atoms with Gasteiger partial charge in [-0.3, -0.25) is 10.1 Å². The first-order valence-corrected chi connectivity index (χ1v) is 4.70. The van der Waals surface area contributed by atoms with Crippen molar-refractivity contribution in [3.63, 3.8) is 0 Å². The Bertz CT molecular complexity index is 552. The smallest absolute Gasteiger partial charge is 0.294 e. The van der Waals surface area contributed by atoms with Gasteiger partial charge in [0.25, 0.3) is 5.69 Å². The van der Waals surface area contributed by atoms with E-state index in [0.29, 0.717) is 10.7 Å². The molecule has 82 valence electrons. The number of nitro benzene ring substituents is 1. The van der Waals surface area contributed by atoms with E-state index in [0.717, 1.165) is 0 Å². The SMILES string of the molecule is Nc1cnn(-c2cc(Cl)ccc2[N+](=O)[O-])c1. The van der Waals surface area contributed by atoms with Crippen molar-refractivity contribution in [2.75, 3.05) is 5.73 Å². The number of anilines is 1. The van der Waals surface area contributed by atoms with E-state index in [1.54, 1.807) is 0 Å². The van der Waals surface area contributed by atoms with Crippen LogP contribution in [0.1, 0.15) is 0 Å². The van der Waals surface area contributed by atoms with Crippen LogP contribution < -0.4 is 5.73 Å². The summed E-state index contributed by atoms with van der Waals surface area (Å²) in [5, 5.41) is 15.1. The monoisotopic (exact) mass is 238 g/mol. The molecule has 1 aromatic carbocycles. The van der Waals surface area contributed by atoms with E-state index in [-0.39, 0.29) is 11.4 Å². The van der Waals surface area contributed by atoms with Crippen LogP contribution in [0.3, 0.4) is 0 Å². The number of hydrogen-bond donors (Lipinski definition) is 1. The zero-order valence-corrected chi connectivity index (χ0v) is 8.76. The lowest BCUT2D eigenvalue weighted by Crippen LogP contribution is -2.00. The minimum Gasteiger partial charge on any atom is -0.396 e. The summed E-state index contributed by atoms with van der Waals surface area (Å²) in [6, 6.07) is 4.25. The Balaban J connectivity index is 2.62. The molecule has 0 bridgehead atoms. The topological polar surface area (TPSA) is 87.0 Å². The van der Waals surface area contributed by atoms with E-state index < -0.39 is 4.92 Å². The van der Waals surface area contributed by atoms with Crippen molar-refractivity contribution in [3.8, 4) is 5.69 Å². The third-order valence-electron chi connectivity index (χ3n) is 1.98. The van der Waals surface area contributed by atoms with Gasteiger partial charge < -0.3 is 5.73 Å². The maximum Gasteiger partial charge on any atom is 0.294 e. The van der Waals surface area contributed by atoms with E-state index >= 15 is 0 Å². The standard InChI is InChI=1S/C9H7ClN4O2/c10-6-1-2-8(14(15)16)9(3-6)13-5-7(11)4-12-13/h1-5H,11H2. The molecule has 0 aliphatic heterocycles. The van der Waals surface area contributed by atoms with Crippen molar-refractivity contribution >= 4 is 23.0 Å². The summed E-state index contributed by atoms with van der Waals surface area (Å²) in [6.45, 7) is 0. The van der Waals surface area contributed by atoms with E-state index in [1.165, 1.54) is 35.3 Å². The van der Waals surface area contributed by atoms with Crippen LogP contribution in [0.2, 0.25) is 5.02 Å². The lowest BCUT2D eigenvalue weighted by Gasteiger charge is -2.02. The van der Waals surface area contributed by atoms with Gasteiger partial charge in [-0.2, -0.15) is 5.10 Å². The van der Waals surface area contributed by atoms with E-state index in [4.69, 9.17) is 17.3 Å². The Labute approximate surface area is 95.4 Å². The molecule has 0 radical (unpaired) electrons. The second kappa shape index (κ2) is 3.82. The maximum atomic E-state index is 10.8. The van der Waals surface area contributed by atoms with Gasteiger partial charge in [0.05, 0.1) is 23.0 Å². The first-order valence-electron chi connectivity index (χ1n) is 4.32. The fourth-order valence-corrected chi connectivity index (χ4v) is 1.47. The molecule has 0 saturated carbocycles. The second-order valence-corrected chi connectivity index (χ2v) is 3.54. The molecule has 2 N–H and O–H groups in total. The fourth-order valence-electron chi connectivity index (χ4n) is 1.30. The lowest BCUT2D eigenvalue weighted by atomic mass is 10.2. The third-order valence-corrected chi connectivity index (χ3v) is 2.22. The summed E-state index contributed by atoms with van der Waals surface area (Å²) in [7, 11) is 0. The van der Waals surface area contributed by atoms with Crippen LogP contribution >= 0.6 is 11.6 Å². The van der Waals surface area contributed by atoms with Crippen LogP contribution in [0, 0.1) is 10.1 Å². The molecular weight excluding hydrogens is 232 g/mol. The Morgan fingerprint density at radius 3 is 2.81 bits per heavy atom. The number of aromatic nitrogens is 2. The van der Waals surface area contributed by atoms with Gasteiger partial charge in [0.1, 0.15) is 5.69 Å². The Kier molecular flexibility index (Phi) is 2.49. The summed E-state index contributed by atoms with van der Waals surface area (Å²) in [6.07, 6.45) is 2.89. The molecule has 0 fully saturated rings. The van der Waals surface area contributed by atoms with Gasteiger partial charge in [0.2, 0.25) is 0 Å². The highest BCUT2D eigenvalue weighted by atomic mass is 35.5. The molecular formula is C9H7ClN4O2. The quantitative estimate of drug-likeness (QED) is 0.640. The molecule has 0 spiro atoms. The van der Waals surface area contributed by atoms with Crippen molar-refractivity contribution in [2.24, 2.45) is 0 Å². The molecule has 1 heterocycles. The average Bonchev–Trinajstić information content (AvgIpc) is 2.64. The van der Waals surface area contributed by atoms with Gasteiger partial charge in [-0.15, -0.1) is 0 Å². The summed E-state index contributed by atoms with van der Waals surface area (Å²) >= 11 is 5.78. The molecule has 0 saturated heterocycles. The third kappa shape index (κ3) is 1.82. The number of nitrogen functional groups attached to an aromatic ring is 1. The summed E-state index contributed by atoms with van der Waals surface area (Å²) in [4.78, 5) is 10.3. The normalized spacial score (nSPS) is 10.3. The molecule has 16 heavy (non-hydrogen) atoms. The second-order valence-electron chi connectivity index (χ2n) is 3.11. The van der Waals surface area contributed by atoms with Crippen LogP contribution in [0.4, 0.5) is 11.4 Å². The molecule has 1 aromatic heterocycles. The van der Waals surface area contributed by atoms with Crippen LogP contribution in [-0.4, -0.2) is 14.7 Å². The minimum absolute atomic E-state index is 0.0764. The molecule has 6 nitrogen and oxygen atoms in total. The predicted molar refractivity (Wildman–Crippen MR) is 59.6 cm³/mol. The number of halogens is 1. The number of hydrogen-bond acceptors (Lipinski definition) is 4. The lowest BCUT2D eigenvalue weighted by molar-refractivity contribution is -0.384. The minimum atomic E-state index is -0.496. The van der Waals surface area contributed by atoms with Gasteiger partial charge in [0, 0.05) is 11.1 Å². The molecule has 7 heteroatoms. The van der Waals surface area contributed by atoms with Crippen LogP contribution in [0.5, 0.6) is 0 Å². The predicted octanol–water partition coefficient (Wildman–Crippen LogP) is 2.02. The van der Waals surface area contributed by atoms with E-state index in [9.17, 15) is 10.1 Å². The molecule has 0 amide bonds. The fraction of sp³-hybridized carbons (Fsp3) is 0. The van der Waals surface area contributed by atoms with Gasteiger partial charge in [-0.25, -0.2) is 4.68 Å². The Morgan fingerprint density at radius 2 is 2.25 bits per heavy atom. The summed E-state index contributed by atoms with van der Waals surface area (Å²) in [5.41, 5.74) is 6.13. The summed E-state index contributed by atoms with van der Waals surface area (Å²) < 4.78 is 1.32. The molecule has 0 atom stereocenters. The molecule has 0 aliphatic rings. The number of rotatable bonds is 2. The molecule has 2 rings (SSSR count). The van der Waals surface area contributed by atoms with Gasteiger partial charge >= 0.3 is 0 Å². The Morgan fingerprint density at radius 1 is 1.50 bits per heavy atom. The van der Waals surface area contributed by atoms with Crippen LogP contribution in [0.25, 0.3) is 5.69 Å². The average molecular weight is 239 g/mol. The molecule has 0 aliphatic carbocycles. The first kappa shape index (κ1) is 10.4. The van der Waals surface area contributed by atoms with E-state index in [1.807, 2.05) is 0 Å².